The van der Waals surface area contributed by atoms with Gasteiger partial charge in [-0.1, -0.05) is 44.6 Å². The smallest absolute Gasteiger partial charge is 0.185 e. The van der Waals surface area contributed by atoms with Crippen LogP contribution in [-0.2, 0) is 10.5 Å². The van der Waals surface area contributed by atoms with Gasteiger partial charge >= 0.3 is 0 Å². The lowest BCUT2D eigenvalue weighted by atomic mass is 9.74. The highest BCUT2D eigenvalue weighted by molar-refractivity contribution is 5.87. The molecule has 2 fully saturated rings. The van der Waals surface area contributed by atoms with Crippen molar-refractivity contribution in [2.45, 2.75) is 81.7 Å². The number of carbonyl (C=O) groups excluding carboxylic acids is 1. The molecule has 4 nitrogen and oxygen atoms in total. The first kappa shape index (κ1) is 16.8. The molecule has 25 heavy (non-hydrogen) atoms. The highest BCUT2D eigenvalue weighted by Gasteiger charge is 2.34. The quantitative estimate of drug-likeness (QED) is 0.817. The highest BCUT2D eigenvalue weighted by Crippen LogP contribution is 2.43. The number of hydrogen-bond acceptors (Lipinski definition) is 4. The van der Waals surface area contributed by atoms with E-state index >= 15 is 0 Å². The first-order chi connectivity index (χ1) is 12.2. The van der Waals surface area contributed by atoms with E-state index in [-0.39, 0.29) is 0 Å². The summed E-state index contributed by atoms with van der Waals surface area (Å²) in [5.41, 5.74) is 12.8. The van der Waals surface area contributed by atoms with Crippen LogP contribution in [0.3, 0.4) is 0 Å². The summed E-state index contributed by atoms with van der Waals surface area (Å²) in [6.45, 7) is 0. The minimum atomic E-state index is -1.20. The molecule has 3 N–H and O–H groups in total. The molecule has 134 valence electrons. The van der Waals surface area contributed by atoms with E-state index in [2.05, 4.69) is 22.7 Å². The van der Waals surface area contributed by atoms with Crippen molar-refractivity contribution in [1.82, 2.24) is 5.43 Å². The predicted octanol–water partition coefficient (Wildman–Crippen LogP) is 4.03. The zero-order valence-corrected chi connectivity index (χ0v) is 15.0. The van der Waals surface area contributed by atoms with E-state index in [1.165, 1.54) is 75.3 Å². The van der Waals surface area contributed by atoms with Crippen molar-refractivity contribution >= 4 is 12.5 Å². The SMILES string of the molecule is NC1(C=O)NN=Cc2cc(C3CCCCC3)c(C3CCCCC3)cc21. The van der Waals surface area contributed by atoms with Gasteiger partial charge in [0.2, 0.25) is 0 Å². The van der Waals surface area contributed by atoms with E-state index in [9.17, 15) is 4.79 Å². The Morgan fingerprint density at radius 2 is 1.52 bits per heavy atom. The monoisotopic (exact) mass is 339 g/mol. The number of hydrazone groups is 1. The summed E-state index contributed by atoms with van der Waals surface area (Å²) >= 11 is 0. The van der Waals surface area contributed by atoms with Gasteiger partial charge in [0.05, 0.1) is 6.21 Å². The van der Waals surface area contributed by atoms with Crippen molar-refractivity contribution in [1.29, 1.82) is 0 Å². The van der Waals surface area contributed by atoms with Crippen molar-refractivity contribution in [2.24, 2.45) is 10.8 Å². The van der Waals surface area contributed by atoms with Gasteiger partial charge in [0.15, 0.2) is 11.9 Å². The van der Waals surface area contributed by atoms with Gasteiger partial charge < -0.3 is 0 Å². The van der Waals surface area contributed by atoms with Crippen molar-refractivity contribution in [3.05, 3.63) is 34.4 Å². The van der Waals surface area contributed by atoms with Crippen molar-refractivity contribution in [3.63, 3.8) is 0 Å². The maximum Gasteiger partial charge on any atom is 0.185 e. The molecule has 0 radical (unpaired) electrons. The second kappa shape index (κ2) is 6.91. The number of rotatable bonds is 3. The predicted molar refractivity (Wildman–Crippen MR) is 101 cm³/mol. The second-order valence-electron chi connectivity index (χ2n) is 8.10. The Kier molecular flexibility index (Phi) is 4.63. The zero-order valence-electron chi connectivity index (χ0n) is 15.0. The van der Waals surface area contributed by atoms with Crippen LogP contribution >= 0.6 is 0 Å². The van der Waals surface area contributed by atoms with Gasteiger partial charge in [0.1, 0.15) is 0 Å². The zero-order chi connectivity index (χ0) is 17.3. The summed E-state index contributed by atoms with van der Waals surface area (Å²) in [5, 5.41) is 4.14. The van der Waals surface area contributed by atoms with E-state index in [4.69, 9.17) is 5.73 Å². The Bertz CT molecular complexity index is 672. The third kappa shape index (κ3) is 3.12. The molecule has 1 unspecified atom stereocenters. The number of benzene rings is 1. The molecule has 1 aromatic rings. The van der Waals surface area contributed by atoms with Crippen LogP contribution in [0.25, 0.3) is 0 Å². The molecule has 4 heteroatoms. The fourth-order valence-corrected chi connectivity index (χ4v) is 5.01. The standard InChI is InChI=1S/C21H29N3O/c22-21(14-25)20-12-19(16-9-5-2-6-10-16)18(11-17(20)13-23-24-21)15-7-3-1-4-8-15/h11-16,24H,1-10,22H2. The fourth-order valence-electron chi connectivity index (χ4n) is 5.01. The molecular formula is C21H29N3O. The third-order valence-corrected chi connectivity index (χ3v) is 6.43. The van der Waals surface area contributed by atoms with Crippen LogP contribution < -0.4 is 11.2 Å². The number of fused-ring (bicyclic) bond motifs is 1. The lowest BCUT2D eigenvalue weighted by molar-refractivity contribution is -0.113. The van der Waals surface area contributed by atoms with E-state index in [0.29, 0.717) is 11.8 Å². The molecule has 0 aromatic heterocycles. The summed E-state index contributed by atoms with van der Waals surface area (Å²) in [4.78, 5) is 11.7. The fraction of sp³-hybridized carbons (Fsp3) is 0.619. The van der Waals surface area contributed by atoms with Crippen molar-refractivity contribution in [2.75, 3.05) is 0 Å². The maximum absolute atomic E-state index is 11.7. The van der Waals surface area contributed by atoms with Gasteiger partial charge in [-0.15, -0.1) is 0 Å². The van der Waals surface area contributed by atoms with Gasteiger partial charge in [-0.05, 0) is 54.7 Å². The van der Waals surface area contributed by atoms with Crippen LogP contribution in [-0.4, -0.2) is 12.5 Å². The summed E-state index contributed by atoms with van der Waals surface area (Å²) in [7, 11) is 0. The first-order valence-electron chi connectivity index (χ1n) is 9.95. The molecule has 3 aliphatic rings. The number of nitrogens with zero attached hydrogens (tertiary/aromatic N) is 1. The van der Waals surface area contributed by atoms with Crippen LogP contribution in [0, 0.1) is 0 Å². The van der Waals surface area contributed by atoms with Crippen molar-refractivity contribution < 1.29 is 4.79 Å². The Morgan fingerprint density at radius 3 is 2.08 bits per heavy atom. The second-order valence-corrected chi connectivity index (χ2v) is 8.10. The molecule has 1 heterocycles. The number of nitrogens with one attached hydrogen (secondary N) is 1. The topological polar surface area (TPSA) is 67.5 Å². The Labute approximate surface area is 150 Å². The maximum atomic E-state index is 11.7. The molecule has 0 spiro atoms. The van der Waals surface area contributed by atoms with Crippen LogP contribution in [0.1, 0.15) is 98.3 Å². The third-order valence-electron chi connectivity index (χ3n) is 6.43. The van der Waals surface area contributed by atoms with Crippen LogP contribution in [0.15, 0.2) is 17.2 Å². The lowest BCUT2D eigenvalue weighted by Gasteiger charge is -2.34. The summed E-state index contributed by atoms with van der Waals surface area (Å²) in [6, 6.07) is 4.53. The normalized spacial score (nSPS) is 27.6. The first-order valence-corrected chi connectivity index (χ1v) is 9.95. The van der Waals surface area contributed by atoms with Gasteiger partial charge in [0.25, 0.3) is 0 Å². The minimum Gasteiger partial charge on any atom is -0.299 e. The lowest BCUT2D eigenvalue weighted by Crippen LogP contribution is -2.52. The van der Waals surface area contributed by atoms with Gasteiger partial charge in [0, 0.05) is 11.1 Å². The molecule has 1 aromatic carbocycles. The minimum absolute atomic E-state index is 0.616. The van der Waals surface area contributed by atoms with E-state index in [1.54, 1.807) is 0 Å². The molecule has 1 atom stereocenters. The van der Waals surface area contributed by atoms with Crippen LogP contribution in [0.5, 0.6) is 0 Å². The molecule has 0 amide bonds. The number of aldehydes is 1. The Hall–Kier alpha value is -1.68. The van der Waals surface area contributed by atoms with Crippen molar-refractivity contribution in [3.8, 4) is 0 Å². The number of carbonyl (C=O) groups is 1. The summed E-state index contributed by atoms with van der Waals surface area (Å²) < 4.78 is 0. The van der Waals surface area contributed by atoms with Crippen LogP contribution in [0.2, 0.25) is 0 Å². The van der Waals surface area contributed by atoms with E-state index in [1.807, 2.05) is 6.21 Å². The molecule has 1 aliphatic heterocycles. The summed E-state index contributed by atoms with van der Waals surface area (Å²) in [5.74, 6) is 1.27. The average Bonchev–Trinajstić information content (AvgIpc) is 2.69. The summed E-state index contributed by atoms with van der Waals surface area (Å²) in [6.07, 6.45) is 15.7. The number of hydrogen-bond donors (Lipinski definition) is 2. The van der Waals surface area contributed by atoms with Crippen LogP contribution in [0.4, 0.5) is 0 Å². The average molecular weight is 339 g/mol. The van der Waals surface area contributed by atoms with E-state index < -0.39 is 5.66 Å². The molecule has 2 saturated carbocycles. The largest absolute Gasteiger partial charge is 0.299 e. The van der Waals surface area contributed by atoms with Gasteiger partial charge in [-0.25, -0.2) is 0 Å². The molecular weight excluding hydrogens is 310 g/mol. The molecule has 0 bridgehead atoms. The van der Waals surface area contributed by atoms with Gasteiger partial charge in [-0.2, -0.15) is 5.10 Å². The highest BCUT2D eigenvalue weighted by atomic mass is 16.1. The number of nitrogens with two attached hydrogens (primary N) is 1. The molecule has 0 saturated heterocycles. The van der Waals surface area contributed by atoms with Gasteiger partial charge in [-0.3, -0.25) is 16.0 Å². The molecule has 2 aliphatic carbocycles. The Morgan fingerprint density at radius 1 is 0.960 bits per heavy atom. The van der Waals surface area contributed by atoms with E-state index in [0.717, 1.165) is 17.4 Å². The molecule has 4 rings (SSSR count). The Balaban J connectivity index is 1.81.